The lowest BCUT2D eigenvalue weighted by Crippen LogP contribution is -2.49. The lowest BCUT2D eigenvalue weighted by atomic mass is 10.1. The molecule has 0 bridgehead atoms. The molecule has 6 nitrogen and oxygen atoms in total. The monoisotopic (exact) mass is 392 g/mol. The number of carbonyl (C=O) groups is 1. The van der Waals surface area contributed by atoms with Crippen molar-refractivity contribution in [1.29, 1.82) is 0 Å². The highest BCUT2D eigenvalue weighted by Crippen LogP contribution is 2.28. The molecule has 7 heteroatoms. The Balaban J connectivity index is 1.41. The highest BCUT2D eigenvalue weighted by molar-refractivity contribution is 5.94. The van der Waals surface area contributed by atoms with Crippen molar-refractivity contribution in [2.45, 2.75) is 0 Å². The van der Waals surface area contributed by atoms with Crippen LogP contribution in [-0.4, -0.2) is 54.3 Å². The van der Waals surface area contributed by atoms with Gasteiger partial charge >= 0.3 is 0 Å². The van der Waals surface area contributed by atoms with E-state index in [0.717, 1.165) is 22.8 Å². The molecule has 1 fully saturated rings. The van der Waals surface area contributed by atoms with E-state index in [1.54, 1.807) is 12.0 Å². The van der Waals surface area contributed by atoms with Crippen LogP contribution in [0.3, 0.4) is 0 Å². The molecule has 0 radical (unpaired) electrons. The molecule has 0 aliphatic carbocycles. The van der Waals surface area contributed by atoms with Crippen LogP contribution in [-0.2, 0) is 0 Å². The summed E-state index contributed by atoms with van der Waals surface area (Å²) in [6.07, 6.45) is 0. The van der Waals surface area contributed by atoms with Crippen molar-refractivity contribution < 1.29 is 13.9 Å². The molecule has 0 N–H and O–H groups in total. The van der Waals surface area contributed by atoms with Crippen LogP contribution in [0.15, 0.2) is 60.7 Å². The molecule has 1 aliphatic heterocycles. The first-order chi connectivity index (χ1) is 14.2. The molecule has 0 spiro atoms. The molecular formula is C22H21FN4O2. The fourth-order valence-corrected chi connectivity index (χ4v) is 3.41. The Morgan fingerprint density at radius 1 is 0.931 bits per heavy atom. The third-order valence-electron chi connectivity index (χ3n) is 5.02. The van der Waals surface area contributed by atoms with Crippen LogP contribution < -0.4 is 9.64 Å². The second kappa shape index (κ2) is 8.26. The third kappa shape index (κ3) is 4.03. The Bertz CT molecular complexity index is 984. The van der Waals surface area contributed by atoms with E-state index in [9.17, 15) is 9.18 Å². The van der Waals surface area contributed by atoms with E-state index in [1.165, 1.54) is 24.3 Å². The first-order valence-corrected chi connectivity index (χ1v) is 9.42. The van der Waals surface area contributed by atoms with Crippen LogP contribution in [0.4, 0.5) is 10.2 Å². The normalized spacial score (nSPS) is 14.0. The van der Waals surface area contributed by atoms with Gasteiger partial charge in [-0.1, -0.05) is 12.1 Å². The summed E-state index contributed by atoms with van der Waals surface area (Å²) in [4.78, 5) is 16.4. The number of benzene rings is 2. The van der Waals surface area contributed by atoms with Gasteiger partial charge in [0.25, 0.3) is 5.91 Å². The van der Waals surface area contributed by atoms with Gasteiger partial charge in [0.05, 0.1) is 12.8 Å². The number of hydrogen-bond donors (Lipinski definition) is 0. The lowest BCUT2D eigenvalue weighted by molar-refractivity contribution is 0.0746. The number of methoxy groups -OCH3 is 1. The molecule has 4 rings (SSSR count). The standard InChI is InChI=1S/C22H21FN4O2/c1-29-20-5-3-2-4-18(20)19-10-11-21(25-24-19)26-12-14-27(15-13-26)22(28)16-6-8-17(23)9-7-16/h2-11H,12-15H2,1H3. The molecular weight excluding hydrogens is 371 g/mol. The number of anilines is 1. The quantitative estimate of drug-likeness (QED) is 0.682. The Hall–Kier alpha value is -3.48. The molecule has 0 atom stereocenters. The van der Waals surface area contributed by atoms with E-state index in [1.807, 2.05) is 36.4 Å². The number of hydrogen-bond acceptors (Lipinski definition) is 5. The van der Waals surface area contributed by atoms with Gasteiger partial charge in [0.2, 0.25) is 0 Å². The SMILES string of the molecule is COc1ccccc1-c1ccc(N2CCN(C(=O)c3ccc(F)cc3)CC2)nn1. The average molecular weight is 392 g/mol. The molecule has 29 heavy (non-hydrogen) atoms. The summed E-state index contributed by atoms with van der Waals surface area (Å²) in [5.74, 6) is 1.10. The fraction of sp³-hybridized carbons (Fsp3) is 0.227. The molecule has 1 aromatic heterocycles. The molecule has 1 aliphatic rings. The van der Waals surface area contributed by atoms with Gasteiger partial charge in [-0.15, -0.1) is 10.2 Å². The largest absolute Gasteiger partial charge is 0.496 e. The van der Waals surface area contributed by atoms with Crippen molar-refractivity contribution in [3.63, 3.8) is 0 Å². The third-order valence-corrected chi connectivity index (χ3v) is 5.02. The topological polar surface area (TPSA) is 58.6 Å². The molecule has 2 heterocycles. The van der Waals surface area contributed by atoms with Gasteiger partial charge < -0.3 is 14.5 Å². The van der Waals surface area contributed by atoms with E-state index in [4.69, 9.17) is 4.74 Å². The number of rotatable bonds is 4. The van der Waals surface area contributed by atoms with Crippen LogP contribution in [0.2, 0.25) is 0 Å². The summed E-state index contributed by atoms with van der Waals surface area (Å²) in [6, 6.07) is 17.2. The minimum absolute atomic E-state index is 0.0812. The van der Waals surface area contributed by atoms with Crippen LogP contribution >= 0.6 is 0 Å². The second-order valence-electron chi connectivity index (χ2n) is 6.76. The number of nitrogens with zero attached hydrogens (tertiary/aromatic N) is 4. The molecule has 1 saturated heterocycles. The van der Waals surface area contributed by atoms with Gasteiger partial charge in [0, 0.05) is 37.3 Å². The van der Waals surface area contributed by atoms with E-state index < -0.39 is 0 Å². The summed E-state index contributed by atoms with van der Waals surface area (Å²) in [5.41, 5.74) is 2.14. The van der Waals surface area contributed by atoms with Crippen LogP contribution in [0.5, 0.6) is 5.75 Å². The highest BCUT2D eigenvalue weighted by atomic mass is 19.1. The molecule has 0 saturated carbocycles. The molecule has 3 aromatic rings. The minimum Gasteiger partial charge on any atom is -0.496 e. The average Bonchev–Trinajstić information content (AvgIpc) is 2.79. The minimum atomic E-state index is -0.346. The van der Waals surface area contributed by atoms with E-state index in [2.05, 4.69) is 15.1 Å². The van der Waals surface area contributed by atoms with Crippen LogP contribution in [0.1, 0.15) is 10.4 Å². The van der Waals surface area contributed by atoms with Gasteiger partial charge in [-0.05, 0) is 48.5 Å². The van der Waals surface area contributed by atoms with Gasteiger partial charge in [0.1, 0.15) is 11.6 Å². The number of piperazine rings is 1. The number of halogens is 1. The molecule has 2 aromatic carbocycles. The first kappa shape index (κ1) is 18.9. The summed E-state index contributed by atoms with van der Waals surface area (Å²) in [5, 5.41) is 8.72. The van der Waals surface area contributed by atoms with Crippen molar-refractivity contribution >= 4 is 11.7 Å². The van der Waals surface area contributed by atoms with Gasteiger partial charge in [0.15, 0.2) is 5.82 Å². The number of ether oxygens (including phenoxy) is 1. The number of amides is 1. The zero-order chi connectivity index (χ0) is 20.2. The smallest absolute Gasteiger partial charge is 0.253 e. The van der Waals surface area contributed by atoms with Crippen molar-refractivity contribution in [2.24, 2.45) is 0 Å². The van der Waals surface area contributed by atoms with E-state index in [-0.39, 0.29) is 11.7 Å². The molecule has 0 unspecified atom stereocenters. The Labute approximate surface area is 168 Å². The first-order valence-electron chi connectivity index (χ1n) is 9.42. The van der Waals surface area contributed by atoms with Crippen molar-refractivity contribution in [3.8, 4) is 17.0 Å². The number of para-hydroxylation sites is 1. The predicted octanol–water partition coefficient (Wildman–Crippen LogP) is 3.25. The number of carbonyl (C=O) groups excluding carboxylic acids is 1. The molecule has 1 amide bonds. The van der Waals surface area contributed by atoms with Crippen molar-refractivity contribution in [2.75, 3.05) is 38.2 Å². The zero-order valence-electron chi connectivity index (χ0n) is 16.1. The van der Waals surface area contributed by atoms with Crippen LogP contribution in [0.25, 0.3) is 11.3 Å². The predicted molar refractivity (Wildman–Crippen MR) is 109 cm³/mol. The van der Waals surface area contributed by atoms with Gasteiger partial charge in [-0.25, -0.2) is 4.39 Å². The van der Waals surface area contributed by atoms with Crippen LogP contribution in [0, 0.1) is 5.82 Å². The van der Waals surface area contributed by atoms with E-state index >= 15 is 0 Å². The maximum absolute atomic E-state index is 13.1. The summed E-state index contributed by atoms with van der Waals surface area (Å²) in [6.45, 7) is 2.48. The maximum Gasteiger partial charge on any atom is 0.253 e. The van der Waals surface area contributed by atoms with Gasteiger partial charge in [-0.2, -0.15) is 0 Å². The summed E-state index contributed by atoms with van der Waals surface area (Å²) >= 11 is 0. The zero-order valence-corrected chi connectivity index (χ0v) is 16.1. The summed E-state index contributed by atoms with van der Waals surface area (Å²) in [7, 11) is 1.63. The Morgan fingerprint density at radius 2 is 1.66 bits per heavy atom. The maximum atomic E-state index is 13.1. The Kier molecular flexibility index (Phi) is 5.37. The fourth-order valence-electron chi connectivity index (χ4n) is 3.41. The Morgan fingerprint density at radius 3 is 2.31 bits per heavy atom. The highest BCUT2D eigenvalue weighted by Gasteiger charge is 2.23. The second-order valence-corrected chi connectivity index (χ2v) is 6.76. The number of aromatic nitrogens is 2. The van der Waals surface area contributed by atoms with Crippen molar-refractivity contribution in [1.82, 2.24) is 15.1 Å². The summed E-state index contributed by atoms with van der Waals surface area (Å²) < 4.78 is 18.4. The van der Waals surface area contributed by atoms with E-state index in [0.29, 0.717) is 31.7 Å². The van der Waals surface area contributed by atoms with Gasteiger partial charge in [-0.3, -0.25) is 4.79 Å². The van der Waals surface area contributed by atoms with Crippen molar-refractivity contribution in [3.05, 3.63) is 72.0 Å². The molecule has 148 valence electrons. The lowest BCUT2D eigenvalue weighted by Gasteiger charge is -2.35.